The van der Waals surface area contributed by atoms with Gasteiger partial charge in [-0.1, -0.05) is 26.3 Å². The standard InChI is InChI=1S/C15H27NOS/c1-5-8-15(4,12-17)11-16(13(2)3)10-14-7-6-9-18-14/h6-7,9,13,17H,5,8,10-12H2,1-4H3. The fraction of sp³-hybridized carbons (Fsp3) is 0.733. The summed E-state index contributed by atoms with van der Waals surface area (Å²) in [5.41, 5.74) is 0.0241. The Morgan fingerprint density at radius 1 is 1.44 bits per heavy atom. The second-order valence-corrected chi connectivity index (χ2v) is 6.83. The highest BCUT2D eigenvalue weighted by molar-refractivity contribution is 7.09. The highest BCUT2D eigenvalue weighted by Gasteiger charge is 2.26. The smallest absolute Gasteiger partial charge is 0.0497 e. The minimum atomic E-state index is 0.0241. The molecule has 1 aromatic heterocycles. The highest BCUT2D eigenvalue weighted by Crippen LogP contribution is 2.26. The summed E-state index contributed by atoms with van der Waals surface area (Å²) in [4.78, 5) is 3.87. The van der Waals surface area contributed by atoms with Gasteiger partial charge in [0.05, 0.1) is 0 Å². The summed E-state index contributed by atoms with van der Waals surface area (Å²) in [5.74, 6) is 0. The lowest BCUT2D eigenvalue weighted by Gasteiger charge is -2.36. The first-order chi connectivity index (χ1) is 8.50. The van der Waals surface area contributed by atoms with Gasteiger partial charge in [-0.05, 0) is 31.7 Å². The summed E-state index contributed by atoms with van der Waals surface area (Å²) >= 11 is 1.81. The minimum absolute atomic E-state index is 0.0241. The van der Waals surface area contributed by atoms with E-state index in [2.05, 4.69) is 50.1 Å². The fourth-order valence-corrected chi connectivity index (χ4v) is 3.06. The molecule has 1 atom stereocenters. The predicted octanol–water partition coefficient (Wildman–Crippen LogP) is 3.76. The van der Waals surface area contributed by atoms with E-state index in [1.165, 1.54) is 4.88 Å². The summed E-state index contributed by atoms with van der Waals surface area (Å²) < 4.78 is 0. The molecule has 1 N–H and O–H groups in total. The van der Waals surface area contributed by atoms with Gasteiger partial charge in [0.25, 0.3) is 0 Å². The van der Waals surface area contributed by atoms with Crippen LogP contribution < -0.4 is 0 Å². The molecule has 0 radical (unpaired) electrons. The molecule has 3 heteroatoms. The van der Waals surface area contributed by atoms with Crippen molar-refractivity contribution in [1.29, 1.82) is 0 Å². The maximum atomic E-state index is 9.65. The van der Waals surface area contributed by atoms with Gasteiger partial charge >= 0.3 is 0 Å². The Hall–Kier alpha value is -0.380. The van der Waals surface area contributed by atoms with Crippen LogP contribution in [0, 0.1) is 5.41 Å². The highest BCUT2D eigenvalue weighted by atomic mass is 32.1. The van der Waals surface area contributed by atoms with E-state index in [4.69, 9.17) is 0 Å². The number of aliphatic hydroxyl groups excluding tert-OH is 1. The number of hydrogen-bond donors (Lipinski definition) is 1. The monoisotopic (exact) mass is 269 g/mol. The minimum Gasteiger partial charge on any atom is -0.396 e. The van der Waals surface area contributed by atoms with E-state index < -0.39 is 0 Å². The summed E-state index contributed by atoms with van der Waals surface area (Å²) in [6.07, 6.45) is 2.21. The van der Waals surface area contributed by atoms with Crippen molar-refractivity contribution in [1.82, 2.24) is 4.90 Å². The van der Waals surface area contributed by atoms with Gasteiger partial charge in [-0.15, -0.1) is 11.3 Å². The van der Waals surface area contributed by atoms with Crippen LogP contribution in [-0.4, -0.2) is 29.2 Å². The van der Waals surface area contributed by atoms with Crippen molar-refractivity contribution >= 4 is 11.3 Å². The van der Waals surface area contributed by atoms with E-state index in [0.29, 0.717) is 6.04 Å². The molecule has 0 spiro atoms. The van der Waals surface area contributed by atoms with Crippen LogP contribution in [0.15, 0.2) is 17.5 Å². The second-order valence-electron chi connectivity index (χ2n) is 5.80. The fourth-order valence-electron chi connectivity index (χ4n) is 2.33. The molecule has 0 aliphatic carbocycles. The molecule has 18 heavy (non-hydrogen) atoms. The lowest BCUT2D eigenvalue weighted by Crippen LogP contribution is -2.41. The molecular weight excluding hydrogens is 242 g/mol. The zero-order valence-electron chi connectivity index (χ0n) is 12.1. The van der Waals surface area contributed by atoms with E-state index >= 15 is 0 Å². The Morgan fingerprint density at radius 2 is 2.17 bits per heavy atom. The molecule has 1 aromatic rings. The molecule has 0 saturated carbocycles. The van der Waals surface area contributed by atoms with Gasteiger partial charge in [0, 0.05) is 36.0 Å². The van der Waals surface area contributed by atoms with Crippen LogP contribution >= 0.6 is 11.3 Å². The maximum Gasteiger partial charge on any atom is 0.0497 e. The predicted molar refractivity (Wildman–Crippen MR) is 80.0 cm³/mol. The van der Waals surface area contributed by atoms with Crippen molar-refractivity contribution in [3.8, 4) is 0 Å². The van der Waals surface area contributed by atoms with Gasteiger partial charge in [-0.3, -0.25) is 4.90 Å². The Bertz CT molecular complexity index is 323. The van der Waals surface area contributed by atoms with Crippen molar-refractivity contribution in [2.45, 2.75) is 53.1 Å². The average molecular weight is 269 g/mol. The zero-order valence-corrected chi connectivity index (χ0v) is 13.0. The Morgan fingerprint density at radius 3 is 2.61 bits per heavy atom. The molecule has 1 unspecified atom stereocenters. The third-order valence-electron chi connectivity index (χ3n) is 3.49. The molecule has 0 bridgehead atoms. The largest absolute Gasteiger partial charge is 0.396 e. The van der Waals surface area contributed by atoms with Crippen molar-refractivity contribution in [2.24, 2.45) is 5.41 Å². The Kier molecular flexibility index (Phi) is 6.33. The van der Waals surface area contributed by atoms with Gasteiger partial charge in [0.15, 0.2) is 0 Å². The van der Waals surface area contributed by atoms with Crippen molar-refractivity contribution < 1.29 is 5.11 Å². The lowest BCUT2D eigenvalue weighted by molar-refractivity contribution is 0.0625. The van der Waals surface area contributed by atoms with Crippen molar-refractivity contribution in [2.75, 3.05) is 13.2 Å². The van der Waals surface area contributed by atoms with Crippen LogP contribution in [0.5, 0.6) is 0 Å². The van der Waals surface area contributed by atoms with Crippen molar-refractivity contribution in [3.05, 3.63) is 22.4 Å². The van der Waals surface area contributed by atoms with Gasteiger partial charge in [-0.25, -0.2) is 0 Å². The number of nitrogens with zero attached hydrogens (tertiary/aromatic N) is 1. The summed E-state index contributed by atoms with van der Waals surface area (Å²) in [5, 5.41) is 11.8. The van der Waals surface area contributed by atoms with E-state index in [-0.39, 0.29) is 12.0 Å². The van der Waals surface area contributed by atoms with E-state index in [9.17, 15) is 5.11 Å². The third-order valence-corrected chi connectivity index (χ3v) is 4.35. The number of thiophene rings is 1. The van der Waals surface area contributed by atoms with Crippen molar-refractivity contribution in [3.63, 3.8) is 0 Å². The lowest BCUT2D eigenvalue weighted by atomic mass is 9.85. The Balaban J connectivity index is 2.67. The summed E-state index contributed by atoms with van der Waals surface area (Å²) in [6.45, 7) is 11.1. The van der Waals surface area contributed by atoms with Crippen LogP contribution in [-0.2, 0) is 6.54 Å². The van der Waals surface area contributed by atoms with Gasteiger partial charge < -0.3 is 5.11 Å². The van der Waals surface area contributed by atoms with E-state index in [0.717, 1.165) is 25.9 Å². The van der Waals surface area contributed by atoms with Crippen LogP contribution in [0.1, 0.15) is 45.4 Å². The molecule has 1 rings (SSSR count). The van der Waals surface area contributed by atoms with Crippen LogP contribution in [0.25, 0.3) is 0 Å². The van der Waals surface area contributed by atoms with E-state index in [1.54, 1.807) is 0 Å². The average Bonchev–Trinajstić information content (AvgIpc) is 2.81. The molecule has 104 valence electrons. The topological polar surface area (TPSA) is 23.5 Å². The first-order valence-corrected chi connectivity index (χ1v) is 7.76. The van der Waals surface area contributed by atoms with Gasteiger partial charge in [-0.2, -0.15) is 0 Å². The first-order valence-electron chi connectivity index (χ1n) is 6.88. The second kappa shape index (κ2) is 7.27. The number of rotatable bonds is 8. The Labute approximate surface area is 116 Å². The first kappa shape index (κ1) is 15.7. The molecule has 0 aromatic carbocycles. The van der Waals surface area contributed by atoms with Crippen LogP contribution in [0.4, 0.5) is 0 Å². The quantitative estimate of drug-likeness (QED) is 0.777. The molecular formula is C15H27NOS. The van der Waals surface area contributed by atoms with E-state index in [1.807, 2.05) is 11.3 Å². The molecule has 1 heterocycles. The van der Waals surface area contributed by atoms with Gasteiger partial charge in [0.1, 0.15) is 0 Å². The molecule has 0 fully saturated rings. The molecule has 0 aliphatic heterocycles. The third kappa shape index (κ3) is 4.71. The number of hydrogen-bond acceptors (Lipinski definition) is 3. The van der Waals surface area contributed by atoms with Crippen LogP contribution in [0.3, 0.4) is 0 Å². The zero-order chi connectivity index (χ0) is 13.6. The summed E-state index contributed by atoms with van der Waals surface area (Å²) in [6, 6.07) is 4.81. The summed E-state index contributed by atoms with van der Waals surface area (Å²) in [7, 11) is 0. The maximum absolute atomic E-state index is 9.65. The van der Waals surface area contributed by atoms with Crippen LogP contribution in [0.2, 0.25) is 0 Å². The SMILES string of the molecule is CCCC(C)(CO)CN(Cc1cccs1)C(C)C. The molecule has 0 saturated heterocycles. The van der Waals surface area contributed by atoms with Gasteiger partial charge in [0.2, 0.25) is 0 Å². The molecule has 2 nitrogen and oxygen atoms in total. The number of aliphatic hydroxyl groups is 1. The normalized spacial score (nSPS) is 15.3. The molecule has 0 aliphatic rings. The molecule has 0 amide bonds.